The van der Waals surface area contributed by atoms with E-state index in [1.165, 1.54) is 6.07 Å². The molecule has 2 atom stereocenters. The van der Waals surface area contributed by atoms with E-state index in [2.05, 4.69) is 22.9 Å². The highest BCUT2D eigenvalue weighted by molar-refractivity contribution is 9.08. The highest BCUT2D eigenvalue weighted by Gasteiger charge is 2.35. The second-order valence-electron chi connectivity index (χ2n) is 5.47. The first-order chi connectivity index (χ1) is 9.40. The van der Waals surface area contributed by atoms with Crippen molar-refractivity contribution < 1.29 is 17.9 Å². The van der Waals surface area contributed by atoms with Gasteiger partial charge in [-0.25, -0.2) is 0 Å². The predicted octanol–water partition coefficient (Wildman–Crippen LogP) is 5.56. The van der Waals surface area contributed by atoms with Gasteiger partial charge in [0.25, 0.3) is 0 Å². The lowest BCUT2D eigenvalue weighted by molar-refractivity contribution is -0.139. The summed E-state index contributed by atoms with van der Waals surface area (Å²) in [5, 5.41) is 0.400. The predicted molar refractivity (Wildman–Crippen MR) is 76.1 cm³/mol. The minimum Gasteiger partial charge on any atom is -0.490 e. The van der Waals surface area contributed by atoms with Crippen LogP contribution >= 0.6 is 15.9 Å². The lowest BCUT2D eigenvalue weighted by Crippen LogP contribution is -2.25. The van der Waals surface area contributed by atoms with Crippen molar-refractivity contribution in [2.45, 2.75) is 50.2 Å². The molecular formula is C15H18BrF3O. The molecule has 0 heterocycles. The molecule has 1 aliphatic rings. The fraction of sp³-hybridized carbons (Fsp3) is 0.600. The number of halogens is 4. The molecular weight excluding hydrogens is 333 g/mol. The topological polar surface area (TPSA) is 9.23 Å². The summed E-state index contributed by atoms with van der Waals surface area (Å²) in [5.74, 6) is 0.478. The Balaban J connectivity index is 2.22. The standard InChI is InChI=1S/C15H18BrF3O/c1-10-3-2-4-12(7-10)20-14-6-5-11(9-16)8-13(14)15(17,18)19/h5-6,8,10,12H,2-4,7,9H2,1H3. The Morgan fingerprint density at radius 3 is 2.65 bits per heavy atom. The number of hydrogen-bond donors (Lipinski definition) is 0. The van der Waals surface area contributed by atoms with Crippen LogP contribution in [-0.4, -0.2) is 6.10 Å². The summed E-state index contributed by atoms with van der Waals surface area (Å²) in [6.45, 7) is 2.12. The Kier molecular flexibility index (Phi) is 4.99. The first-order valence-corrected chi connectivity index (χ1v) is 7.95. The molecule has 1 fully saturated rings. The first-order valence-electron chi connectivity index (χ1n) is 6.83. The van der Waals surface area contributed by atoms with Gasteiger partial charge in [0.05, 0.1) is 11.7 Å². The first kappa shape index (κ1) is 15.7. The summed E-state index contributed by atoms with van der Waals surface area (Å²) in [7, 11) is 0. The molecule has 1 aromatic carbocycles. The van der Waals surface area contributed by atoms with E-state index < -0.39 is 11.7 Å². The Morgan fingerprint density at radius 2 is 2.05 bits per heavy atom. The Morgan fingerprint density at radius 1 is 1.30 bits per heavy atom. The van der Waals surface area contributed by atoms with E-state index in [-0.39, 0.29) is 11.9 Å². The molecule has 0 radical (unpaired) electrons. The van der Waals surface area contributed by atoms with E-state index in [0.717, 1.165) is 31.7 Å². The van der Waals surface area contributed by atoms with E-state index in [4.69, 9.17) is 4.74 Å². The van der Waals surface area contributed by atoms with E-state index in [9.17, 15) is 13.2 Å². The SMILES string of the molecule is CC1CCCC(Oc2ccc(CBr)cc2C(F)(F)F)C1. The Labute approximate surface area is 125 Å². The van der Waals surface area contributed by atoms with Gasteiger partial charge in [0.15, 0.2) is 0 Å². The third-order valence-electron chi connectivity index (χ3n) is 3.69. The van der Waals surface area contributed by atoms with Crippen LogP contribution in [0, 0.1) is 5.92 Å². The summed E-state index contributed by atoms with van der Waals surface area (Å²) in [5.41, 5.74) is -0.0747. The Hall–Kier alpha value is -0.710. The second-order valence-corrected chi connectivity index (χ2v) is 6.03. The molecule has 0 amide bonds. The molecule has 0 N–H and O–H groups in total. The van der Waals surface area contributed by atoms with Crippen molar-refractivity contribution in [3.8, 4) is 5.75 Å². The van der Waals surface area contributed by atoms with Crippen LogP contribution < -0.4 is 4.74 Å². The molecule has 1 aromatic rings. The van der Waals surface area contributed by atoms with Gasteiger partial charge in [0.2, 0.25) is 0 Å². The molecule has 0 aliphatic heterocycles. The van der Waals surface area contributed by atoms with Gasteiger partial charge in [-0.1, -0.05) is 35.3 Å². The van der Waals surface area contributed by atoms with Crippen molar-refractivity contribution in [2.24, 2.45) is 5.92 Å². The minimum atomic E-state index is -4.38. The third-order valence-corrected chi connectivity index (χ3v) is 4.33. The quantitative estimate of drug-likeness (QED) is 0.648. The van der Waals surface area contributed by atoms with E-state index >= 15 is 0 Å². The van der Waals surface area contributed by atoms with Crippen molar-refractivity contribution in [1.82, 2.24) is 0 Å². The van der Waals surface area contributed by atoms with Crippen molar-refractivity contribution in [3.05, 3.63) is 29.3 Å². The van der Waals surface area contributed by atoms with Gasteiger partial charge >= 0.3 is 6.18 Å². The van der Waals surface area contributed by atoms with Gasteiger partial charge in [-0.3, -0.25) is 0 Å². The maximum absolute atomic E-state index is 13.1. The molecule has 0 saturated heterocycles. The average molecular weight is 351 g/mol. The smallest absolute Gasteiger partial charge is 0.419 e. The van der Waals surface area contributed by atoms with Gasteiger partial charge in [-0.15, -0.1) is 0 Å². The summed E-state index contributed by atoms with van der Waals surface area (Å²) >= 11 is 3.18. The maximum atomic E-state index is 13.1. The molecule has 1 aliphatic carbocycles. The number of ether oxygens (including phenoxy) is 1. The van der Waals surface area contributed by atoms with Crippen molar-refractivity contribution in [1.29, 1.82) is 0 Å². The molecule has 1 saturated carbocycles. The lowest BCUT2D eigenvalue weighted by Gasteiger charge is -2.28. The molecule has 1 nitrogen and oxygen atoms in total. The zero-order valence-electron chi connectivity index (χ0n) is 11.3. The molecule has 0 bridgehead atoms. The Bertz CT molecular complexity index is 459. The molecule has 0 spiro atoms. The molecule has 0 aromatic heterocycles. The lowest BCUT2D eigenvalue weighted by atomic mass is 9.88. The molecule has 20 heavy (non-hydrogen) atoms. The summed E-state index contributed by atoms with van der Waals surface area (Å²) < 4.78 is 44.9. The van der Waals surface area contributed by atoms with Crippen molar-refractivity contribution in [2.75, 3.05) is 0 Å². The molecule has 5 heteroatoms. The largest absolute Gasteiger partial charge is 0.490 e. The maximum Gasteiger partial charge on any atom is 0.419 e. The zero-order valence-corrected chi connectivity index (χ0v) is 12.9. The fourth-order valence-corrected chi connectivity index (χ4v) is 3.00. The molecule has 2 rings (SSSR count). The fourth-order valence-electron chi connectivity index (χ4n) is 2.65. The van der Waals surface area contributed by atoms with Crippen LogP contribution in [0.2, 0.25) is 0 Å². The van der Waals surface area contributed by atoms with Crippen molar-refractivity contribution >= 4 is 15.9 Å². The van der Waals surface area contributed by atoms with Gasteiger partial charge in [-0.05, 0) is 42.9 Å². The highest BCUT2D eigenvalue weighted by Crippen LogP contribution is 2.39. The third kappa shape index (κ3) is 3.90. The number of rotatable bonds is 3. The highest BCUT2D eigenvalue weighted by atomic mass is 79.9. The number of hydrogen-bond acceptors (Lipinski definition) is 1. The zero-order chi connectivity index (χ0) is 14.8. The monoisotopic (exact) mass is 350 g/mol. The summed E-state index contributed by atoms with van der Waals surface area (Å²) in [4.78, 5) is 0. The van der Waals surface area contributed by atoms with Gasteiger partial charge in [0, 0.05) is 5.33 Å². The van der Waals surface area contributed by atoms with E-state index in [0.29, 0.717) is 16.8 Å². The van der Waals surface area contributed by atoms with Crippen LogP contribution in [0.4, 0.5) is 13.2 Å². The second kappa shape index (κ2) is 6.37. The summed E-state index contributed by atoms with van der Waals surface area (Å²) in [6, 6.07) is 4.28. The number of alkyl halides is 4. The van der Waals surface area contributed by atoms with Crippen LogP contribution in [0.1, 0.15) is 43.7 Å². The van der Waals surface area contributed by atoms with Crippen LogP contribution in [0.5, 0.6) is 5.75 Å². The van der Waals surface area contributed by atoms with Crippen LogP contribution in [0.25, 0.3) is 0 Å². The number of benzene rings is 1. The van der Waals surface area contributed by atoms with Crippen LogP contribution in [0.3, 0.4) is 0 Å². The van der Waals surface area contributed by atoms with Crippen molar-refractivity contribution in [3.63, 3.8) is 0 Å². The normalized spacial score (nSPS) is 23.6. The molecule has 112 valence electrons. The minimum absolute atomic E-state index is 0.0405. The van der Waals surface area contributed by atoms with E-state index in [1.807, 2.05) is 0 Å². The van der Waals surface area contributed by atoms with Crippen LogP contribution in [0.15, 0.2) is 18.2 Å². The van der Waals surface area contributed by atoms with E-state index in [1.54, 1.807) is 6.07 Å². The van der Waals surface area contributed by atoms with Crippen LogP contribution in [-0.2, 0) is 11.5 Å². The van der Waals surface area contributed by atoms with Gasteiger partial charge in [-0.2, -0.15) is 13.2 Å². The van der Waals surface area contributed by atoms with Gasteiger partial charge < -0.3 is 4.74 Å². The molecule has 2 unspecified atom stereocenters. The average Bonchev–Trinajstić information content (AvgIpc) is 2.38. The summed E-state index contributed by atoms with van der Waals surface area (Å²) in [6.07, 6.45) is -0.663. The van der Waals surface area contributed by atoms with Gasteiger partial charge in [0.1, 0.15) is 5.75 Å².